The minimum Gasteiger partial charge on any atom is -0.463 e. The lowest BCUT2D eigenvalue weighted by molar-refractivity contribution is -0.151. The second-order valence-electron chi connectivity index (χ2n) is 2.87. The largest absolute Gasteiger partial charge is 0.463 e. The number of carbonyl (C=O) groups excluding carboxylic acids is 2. The van der Waals surface area contributed by atoms with Crippen LogP contribution in [-0.2, 0) is 19.1 Å². The van der Waals surface area contributed by atoms with Crippen molar-refractivity contribution >= 4 is 11.9 Å². The quantitative estimate of drug-likeness (QED) is 0.454. The van der Waals surface area contributed by atoms with E-state index in [0.717, 1.165) is 6.08 Å². The van der Waals surface area contributed by atoms with E-state index in [9.17, 15) is 9.59 Å². The van der Waals surface area contributed by atoms with Gasteiger partial charge in [0.2, 0.25) is 0 Å². The maximum absolute atomic E-state index is 10.8. The number of morpholine rings is 1. The summed E-state index contributed by atoms with van der Waals surface area (Å²) in [6, 6.07) is 0. The minimum atomic E-state index is -0.440. The van der Waals surface area contributed by atoms with Crippen molar-refractivity contribution in [1.82, 2.24) is 4.90 Å². The van der Waals surface area contributed by atoms with Crippen LogP contribution in [0.5, 0.6) is 0 Å². The van der Waals surface area contributed by atoms with Gasteiger partial charge < -0.3 is 9.47 Å². The van der Waals surface area contributed by atoms with Crippen LogP contribution in [0.4, 0.5) is 0 Å². The van der Waals surface area contributed by atoms with Gasteiger partial charge in [-0.15, -0.1) is 0 Å². The van der Waals surface area contributed by atoms with Crippen molar-refractivity contribution in [2.75, 3.05) is 32.8 Å². The topological polar surface area (TPSA) is 55.8 Å². The molecular formula is C9H13NO4. The van der Waals surface area contributed by atoms with Crippen molar-refractivity contribution in [3.63, 3.8) is 0 Å². The van der Waals surface area contributed by atoms with Crippen LogP contribution in [0.15, 0.2) is 12.7 Å². The molecule has 0 aliphatic carbocycles. The number of ether oxygens (including phenoxy) is 2. The van der Waals surface area contributed by atoms with Crippen LogP contribution in [0, 0.1) is 0 Å². The Morgan fingerprint density at radius 3 is 3.14 bits per heavy atom. The molecule has 0 bridgehead atoms. The summed E-state index contributed by atoms with van der Waals surface area (Å²) in [7, 11) is 0. The number of cyclic esters (lactones) is 1. The molecule has 5 nitrogen and oxygen atoms in total. The van der Waals surface area contributed by atoms with Gasteiger partial charge in [0.05, 0.1) is 6.54 Å². The highest BCUT2D eigenvalue weighted by Crippen LogP contribution is 1.97. The molecule has 1 aliphatic rings. The van der Waals surface area contributed by atoms with E-state index < -0.39 is 5.97 Å². The molecule has 1 fully saturated rings. The van der Waals surface area contributed by atoms with E-state index >= 15 is 0 Å². The van der Waals surface area contributed by atoms with Gasteiger partial charge in [0.1, 0.15) is 13.2 Å². The molecule has 0 aromatic carbocycles. The number of carbonyl (C=O) groups is 2. The van der Waals surface area contributed by atoms with E-state index in [1.54, 1.807) is 0 Å². The third-order valence-electron chi connectivity index (χ3n) is 1.84. The predicted octanol–water partition coefficient (Wildman–Crippen LogP) is -0.426. The average Bonchev–Trinajstić information content (AvgIpc) is 2.17. The van der Waals surface area contributed by atoms with Crippen molar-refractivity contribution in [2.24, 2.45) is 0 Å². The molecule has 5 heteroatoms. The fourth-order valence-electron chi connectivity index (χ4n) is 1.12. The molecular weight excluding hydrogens is 186 g/mol. The fourth-order valence-corrected chi connectivity index (χ4v) is 1.12. The Morgan fingerprint density at radius 1 is 1.71 bits per heavy atom. The van der Waals surface area contributed by atoms with Gasteiger partial charge in [0.15, 0.2) is 0 Å². The van der Waals surface area contributed by atoms with Gasteiger partial charge in [0, 0.05) is 19.2 Å². The molecule has 1 aliphatic heterocycles. The summed E-state index contributed by atoms with van der Waals surface area (Å²) in [6.45, 7) is 5.47. The lowest BCUT2D eigenvalue weighted by Gasteiger charge is -2.24. The van der Waals surface area contributed by atoms with Crippen LogP contribution in [0.25, 0.3) is 0 Å². The van der Waals surface area contributed by atoms with Crippen LogP contribution in [0.1, 0.15) is 0 Å². The third-order valence-corrected chi connectivity index (χ3v) is 1.84. The lowest BCUT2D eigenvalue weighted by Crippen LogP contribution is -2.41. The van der Waals surface area contributed by atoms with Crippen molar-refractivity contribution in [1.29, 1.82) is 0 Å². The molecule has 0 radical (unpaired) electrons. The molecule has 0 amide bonds. The van der Waals surface area contributed by atoms with Gasteiger partial charge >= 0.3 is 11.9 Å². The molecule has 0 N–H and O–H groups in total. The lowest BCUT2D eigenvalue weighted by atomic mass is 10.4. The molecule has 0 aromatic heterocycles. The average molecular weight is 199 g/mol. The number of hydrogen-bond donors (Lipinski definition) is 0. The van der Waals surface area contributed by atoms with Gasteiger partial charge in [-0.3, -0.25) is 9.69 Å². The molecule has 1 rings (SSSR count). The number of rotatable bonds is 4. The van der Waals surface area contributed by atoms with Crippen molar-refractivity contribution in [3.8, 4) is 0 Å². The Morgan fingerprint density at radius 2 is 2.50 bits per heavy atom. The third kappa shape index (κ3) is 3.57. The SMILES string of the molecule is C=CC(=O)OCCN1CCOC(=O)C1. The van der Waals surface area contributed by atoms with Crippen LogP contribution < -0.4 is 0 Å². The van der Waals surface area contributed by atoms with E-state index in [2.05, 4.69) is 6.58 Å². The van der Waals surface area contributed by atoms with Crippen LogP contribution in [-0.4, -0.2) is 49.7 Å². The van der Waals surface area contributed by atoms with Crippen molar-refractivity contribution in [2.45, 2.75) is 0 Å². The standard InChI is InChI=1S/C9H13NO4/c1-2-8(11)13-5-3-10-4-6-14-9(12)7-10/h2H,1,3-7H2. The zero-order valence-corrected chi connectivity index (χ0v) is 7.90. The van der Waals surface area contributed by atoms with Crippen LogP contribution in [0.3, 0.4) is 0 Å². The summed E-state index contributed by atoms with van der Waals surface area (Å²) in [5.74, 6) is -0.670. The molecule has 0 atom stereocenters. The first-order valence-electron chi connectivity index (χ1n) is 4.39. The summed E-state index contributed by atoms with van der Waals surface area (Å²) < 4.78 is 9.53. The monoisotopic (exact) mass is 199 g/mol. The van der Waals surface area contributed by atoms with Crippen LogP contribution >= 0.6 is 0 Å². The molecule has 1 heterocycles. The maximum Gasteiger partial charge on any atom is 0.330 e. The minimum absolute atomic E-state index is 0.230. The first-order chi connectivity index (χ1) is 6.72. The summed E-state index contributed by atoms with van der Waals surface area (Å²) >= 11 is 0. The van der Waals surface area contributed by atoms with E-state index in [4.69, 9.17) is 9.47 Å². The zero-order chi connectivity index (χ0) is 10.4. The Bertz CT molecular complexity index is 239. The normalized spacial score (nSPS) is 17.3. The summed E-state index contributed by atoms with van der Waals surface area (Å²) in [5, 5.41) is 0. The Kier molecular flexibility index (Phi) is 4.12. The predicted molar refractivity (Wildman–Crippen MR) is 48.6 cm³/mol. The Labute approximate surface area is 82.3 Å². The smallest absolute Gasteiger partial charge is 0.330 e. The van der Waals surface area contributed by atoms with Gasteiger partial charge in [-0.25, -0.2) is 4.79 Å². The van der Waals surface area contributed by atoms with Gasteiger partial charge in [-0.1, -0.05) is 6.58 Å². The summed E-state index contributed by atoms with van der Waals surface area (Å²) in [5.41, 5.74) is 0. The first kappa shape index (κ1) is 10.7. The molecule has 0 saturated carbocycles. The molecule has 14 heavy (non-hydrogen) atoms. The molecule has 78 valence electrons. The Hall–Kier alpha value is -1.36. The first-order valence-corrected chi connectivity index (χ1v) is 4.39. The van der Waals surface area contributed by atoms with E-state index in [1.165, 1.54) is 0 Å². The summed E-state index contributed by atoms with van der Waals surface area (Å²) in [4.78, 5) is 23.4. The van der Waals surface area contributed by atoms with Crippen molar-refractivity contribution < 1.29 is 19.1 Å². The molecule has 0 unspecified atom stereocenters. The second kappa shape index (κ2) is 5.39. The van der Waals surface area contributed by atoms with E-state index in [0.29, 0.717) is 19.7 Å². The highest BCUT2D eigenvalue weighted by Gasteiger charge is 2.17. The van der Waals surface area contributed by atoms with E-state index in [1.807, 2.05) is 4.90 Å². The van der Waals surface area contributed by atoms with Gasteiger partial charge in [0.25, 0.3) is 0 Å². The fraction of sp³-hybridized carbons (Fsp3) is 0.556. The highest BCUT2D eigenvalue weighted by molar-refractivity contribution is 5.81. The second-order valence-corrected chi connectivity index (χ2v) is 2.87. The molecule has 1 saturated heterocycles. The molecule has 0 spiro atoms. The summed E-state index contributed by atoms with van der Waals surface area (Å²) in [6.07, 6.45) is 1.12. The number of esters is 2. The number of hydrogen-bond acceptors (Lipinski definition) is 5. The Balaban J connectivity index is 2.14. The van der Waals surface area contributed by atoms with Gasteiger partial charge in [-0.05, 0) is 0 Å². The highest BCUT2D eigenvalue weighted by atomic mass is 16.5. The van der Waals surface area contributed by atoms with Gasteiger partial charge in [-0.2, -0.15) is 0 Å². The number of nitrogens with zero attached hydrogens (tertiary/aromatic N) is 1. The zero-order valence-electron chi connectivity index (χ0n) is 7.90. The maximum atomic E-state index is 10.8. The van der Waals surface area contributed by atoms with Crippen LogP contribution in [0.2, 0.25) is 0 Å². The van der Waals surface area contributed by atoms with Crippen molar-refractivity contribution in [3.05, 3.63) is 12.7 Å². The van der Waals surface area contributed by atoms with E-state index in [-0.39, 0.29) is 19.1 Å². The molecule has 0 aromatic rings.